The Morgan fingerprint density at radius 1 is 1.44 bits per heavy atom. The van der Waals surface area contributed by atoms with Crippen molar-refractivity contribution in [2.24, 2.45) is 0 Å². The summed E-state index contributed by atoms with van der Waals surface area (Å²) >= 11 is 1.31. The van der Waals surface area contributed by atoms with Crippen LogP contribution in [-0.4, -0.2) is 15.3 Å². The molecule has 2 aromatic rings. The van der Waals surface area contributed by atoms with E-state index < -0.39 is 16.0 Å². The normalized spacial score (nSPS) is 10.2. The van der Waals surface area contributed by atoms with E-state index in [0.29, 0.717) is 4.88 Å². The van der Waals surface area contributed by atoms with E-state index in [-0.39, 0.29) is 12.3 Å². The van der Waals surface area contributed by atoms with Gasteiger partial charge in [0.25, 0.3) is 5.43 Å². The highest BCUT2D eigenvalue weighted by molar-refractivity contribution is 7.12. The van der Waals surface area contributed by atoms with Gasteiger partial charge in [-0.2, -0.15) is 0 Å². The molecule has 7 heteroatoms. The molecule has 0 spiro atoms. The molecule has 0 amide bonds. The highest BCUT2D eigenvalue weighted by Crippen LogP contribution is 2.11. The SMILES string of the molecule is O=C(Cn1ccc(=O)c([N+](=O)[O-])c1)c1cccs1. The maximum absolute atomic E-state index is 11.8. The predicted octanol–water partition coefficient (Wildman–Crippen LogP) is 1.70. The Balaban J connectivity index is 2.25. The molecule has 2 aromatic heterocycles. The largest absolute Gasteiger partial charge is 0.340 e. The lowest BCUT2D eigenvalue weighted by Gasteiger charge is -2.03. The highest BCUT2D eigenvalue weighted by Gasteiger charge is 2.13. The molecule has 0 aliphatic carbocycles. The summed E-state index contributed by atoms with van der Waals surface area (Å²) in [4.78, 5) is 33.4. The Morgan fingerprint density at radius 2 is 2.22 bits per heavy atom. The van der Waals surface area contributed by atoms with Gasteiger partial charge in [-0.15, -0.1) is 11.3 Å². The molecule has 2 heterocycles. The van der Waals surface area contributed by atoms with E-state index in [9.17, 15) is 19.7 Å². The molecule has 18 heavy (non-hydrogen) atoms. The minimum absolute atomic E-state index is 0.0262. The van der Waals surface area contributed by atoms with E-state index in [0.717, 1.165) is 12.3 Å². The number of carbonyl (C=O) groups is 1. The number of rotatable bonds is 4. The van der Waals surface area contributed by atoms with Gasteiger partial charge in [-0.1, -0.05) is 6.07 Å². The van der Waals surface area contributed by atoms with Crippen molar-refractivity contribution in [3.8, 4) is 0 Å². The molecule has 0 radical (unpaired) electrons. The molecule has 0 saturated carbocycles. The van der Waals surface area contributed by atoms with Crippen LogP contribution in [0.5, 0.6) is 0 Å². The summed E-state index contributed by atoms with van der Waals surface area (Å²) in [5.41, 5.74) is -1.20. The standard InChI is InChI=1S/C11H8N2O4S/c14-9-3-4-12(6-8(9)13(16)17)7-10(15)11-2-1-5-18-11/h1-6H,7H2. The van der Waals surface area contributed by atoms with E-state index in [2.05, 4.69) is 0 Å². The van der Waals surface area contributed by atoms with Crippen molar-refractivity contribution in [2.45, 2.75) is 6.54 Å². The Bertz CT molecular complexity index is 645. The van der Waals surface area contributed by atoms with E-state index in [1.807, 2.05) is 0 Å². The number of nitrogens with zero attached hydrogens (tertiary/aromatic N) is 2. The number of Topliss-reactive ketones (excluding diaryl/α,β-unsaturated/α-hetero) is 1. The van der Waals surface area contributed by atoms with Crippen molar-refractivity contribution < 1.29 is 9.72 Å². The summed E-state index contributed by atoms with van der Waals surface area (Å²) in [6.45, 7) is -0.0262. The number of pyridine rings is 1. The number of carbonyl (C=O) groups excluding carboxylic acids is 1. The first-order valence-electron chi connectivity index (χ1n) is 4.99. The number of hydrogen-bond acceptors (Lipinski definition) is 5. The first-order chi connectivity index (χ1) is 8.58. The summed E-state index contributed by atoms with van der Waals surface area (Å²) in [6.07, 6.45) is 2.44. The number of aromatic nitrogens is 1. The van der Waals surface area contributed by atoms with Crippen molar-refractivity contribution in [1.82, 2.24) is 4.57 Å². The van der Waals surface area contributed by atoms with Gasteiger partial charge in [0.05, 0.1) is 22.5 Å². The Hall–Kier alpha value is -2.28. The summed E-state index contributed by atoms with van der Waals surface area (Å²) in [5.74, 6) is -0.150. The maximum atomic E-state index is 11.8. The van der Waals surface area contributed by atoms with Gasteiger partial charge < -0.3 is 4.57 Å². The smallest absolute Gasteiger partial charge is 0.332 e. The lowest BCUT2D eigenvalue weighted by molar-refractivity contribution is -0.386. The summed E-state index contributed by atoms with van der Waals surface area (Å²) in [7, 11) is 0. The lowest BCUT2D eigenvalue weighted by atomic mass is 10.3. The average Bonchev–Trinajstić information content (AvgIpc) is 2.85. The third-order valence-electron chi connectivity index (χ3n) is 2.28. The number of thiophene rings is 1. The van der Waals surface area contributed by atoms with Gasteiger partial charge in [-0.25, -0.2) is 0 Å². The van der Waals surface area contributed by atoms with Gasteiger partial charge in [0.1, 0.15) is 0 Å². The number of ketones is 1. The van der Waals surface area contributed by atoms with Gasteiger partial charge in [0.15, 0.2) is 5.78 Å². The predicted molar refractivity (Wildman–Crippen MR) is 66.0 cm³/mol. The second kappa shape index (κ2) is 4.92. The summed E-state index contributed by atoms with van der Waals surface area (Å²) in [5, 5.41) is 12.4. The summed E-state index contributed by atoms with van der Waals surface area (Å²) < 4.78 is 1.33. The topological polar surface area (TPSA) is 82.2 Å². The fourth-order valence-corrected chi connectivity index (χ4v) is 2.09. The Morgan fingerprint density at radius 3 is 2.83 bits per heavy atom. The fourth-order valence-electron chi connectivity index (χ4n) is 1.43. The van der Waals surface area contributed by atoms with Gasteiger partial charge in [-0.05, 0) is 11.4 Å². The molecule has 6 nitrogen and oxygen atoms in total. The second-order valence-corrected chi connectivity index (χ2v) is 4.47. The van der Waals surface area contributed by atoms with E-state index in [4.69, 9.17) is 0 Å². The van der Waals surface area contributed by atoms with Crippen LogP contribution < -0.4 is 5.43 Å². The fraction of sp³-hybridized carbons (Fsp3) is 0.0909. The zero-order chi connectivity index (χ0) is 13.1. The van der Waals surface area contributed by atoms with Gasteiger partial charge in [0.2, 0.25) is 0 Å². The van der Waals surface area contributed by atoms with Crippen molar-refractivity contribution in [2.75, 3.05) is 0 Å². The zero-order valence-corrected chi connectivity index (χ0v) is 9.92. The molecule has 0 fully saturated rings. The molecule has 0 unspecified atom stereocenters. The lowest BCUT2D eigenvalue weighted by Crippen LogP contribution is -2.14. The maximum Gasteiger partial charge on any atom is 0.332 e. The molecule has 0 bridgehead atoms. The molecule has 0 aromatic carbocycles. The van der Waals surface area contributed by atoms with Crippen LogP contribution >= 0.6 is 11.3 Å². The average molecular weight is 264 g/mol. The first-order valence-corrected chi connectivity index (χ1v) is 5.87. The number of nitro groups is 1. The van der Waals surface area contributed by atoms with Gasteiger partial charge >= 0.3 is 5.69 Å². The molecule has 2 rings (SSSR count). The number of hydrogen-bond donors (Lipinski definition) is 0. The third-order valence-corrected chi connectivity index (χ3v) is 3.19. The molecule has 0 saturated heterocycles. The molecular formula is C11H8N2O4S. The summed E-state index contributed by atoms with van der Waals surface area (Å²) in [6, 6.07) is 4.52. The van der Waals surface area contributed by atoms with Crippen LogP contribution in [0.2, 0.25) is 0 Å². The molecule has 0 N–H and O–H groups in total. The molecule has 0 atom stereocenters. The van der Waals surface area contributed by atoms with E-state index in [1.165, 1.54) is 22.1 Å². The quantitative estimate of drug-likeness (QED) is 0.478. The monoisotopic (exact) mass is 264 g/mol. The zero-order valence-electron chi connectivity index (χ0n) is 9.11. The van der Waals surface area contributed by atoms with Crippen LogP contribution in [0.3, 0.4) is 0 Å². The van der Waals surface area contributed by atoms with Crippen LogP contribution in [0, 0.1) is 10.1 Å². The van der Waals surface area contributed by atoms with Crippen molar-refractivity contribution >= 4 is 22.8 Å². The van der Waals surface area contributed by atoms with Crippen LogP contribution in [0.25, 0.3) is 0 Å². The Labute approximate surface area is 105 Å². The minimum Gasteiger partial charge on any atom is -0.340 e. The van der Waals surface area contributed by atoms with Crippen molar-refractivity contribution in [3.05, 3.63) is 61.2 Å². The van der Waals surface area contributed by atoms with Gasteiger partial charge in [-0.3, -0.25) is 19.7 Å². The molecule has 0 aliphatic rings. The van der Waals surface area contributed by atoms with Crippen LogP contribution in [-0.2, 0) is 6.54 Å². The van der Waals surface area contributed by atoms with Crippen molar-refractivity contribution in [1.29, 1.82) is 0 Å². The van der Waals surface area contributed by atoms with E-state index in [1.54, 1.807) is 17.5 Å². The highest BCUT2D eigenvalue weighted by atomic mass is 32.1. The van der Waals surface area contributed by atoms with E-state index >= 15 is 0 Å². The van der Waals surface area contributed by atoms with Gasteiger partial charge in [0, 0.05) is 12.3 Å². The van der Waals surface area contributed by atoms with Crippen LogP contribution in [0.4, 0.5) is 5.69 Å². The van der Waals surface area contributed by atoms with Crippen molar-refractivity contribution in [3.63, 3.8) is 0 Å². The molecule has 92 valence electrons. The minimum atomic E-state index is -0.756. The third kappa shape index (κ3) is 2.51. The second-order valence-electron chi connectivity index (χ2n) is 3.52. The van der Waals surface area contributed by atoms with Crippen LogP contribution in [0.1, 0.15) is 9.67 Å². The molecular weight excluding hydrogens is 256 g/mol. The Kier molecular flexibility index (Phi) is 3.33. The van der Waals surface area contributed by atoms with Crippen LogP contribution in [0.15, 0.2) is 40.8 Å². The first kappa shape index (κ1) is 12.2. The molecule has 0 aliphatic heterocycles.